The predicted octanol–water partition coefficient (Wildman–Crippen LogP) is 2.80. The molecule has 0 radical (unpaired) electrons. The van der Waals surface area contributed by atoms with E-state index < -0.39 is 0 Å². The summed E-state index contributed by atoms with van der Waals surface area (Å²) in [6, 6.07) is 10.5. The third-order valence-electron chi connectivity index (χ3n) is 4.85. The highest BCUT2D eigenvalue weighted by Gasteiger charge is 2.28. The van der Waals surface area contributed by atoms with E-state index in [0.29, 0.717) is 12.5 Å². The summed E-state index contributed by atoms with van der Waals surface area (Å²) < 4.78 is 6.07. The van der Waals surface area contributed by atoms with Crippen LogP contribution in [-0.2, 0) is 4.74 Å². The van der Waals surface area contributed by atoms with Crippen molar-refractivity contribution >= 4 is 29.9 Å². The quantitative estimate of drug-likeness (QED) is 0.413. The maximum atomic E-state index is 9.78. The number of benzene rings is 1. The zero-order valence-corrected chi connectivity index (χ0v) is 17.3. The van der Waals surface area contributed by atoms with Gasteiger partial charge in [0.25, 0.3) is 0 Å². The minimum Gasteiger partial charge on any atom is -0.391 e. The van der Waals surface area contributed by atoms with E-state index in [1.165, 1.54) is 5.56 Å². The second-order valence-corrected chi connectivity index (χ2v) is 6.69. The zero-order valence-electron chi connectivity index (χ0n) is 14.9. The van der Waals surface area contributed by atoms with Crippen molar-refractivity contribution in [1.29, 1.82) is 0 Å². The molecule has 6 heteroatoms. The molecule has 2 heterocycles. The summed E-state index contributed by atoms with van der Waals surface area (Å²) in [6.07, 6.45) is 2.97. The average Bonchev–Trinajstić information content (AvgIpc) is 3.06. The number of halogens is 1. The largest absolute Gasteiger partial charge is 0.391 e. The Morgan fingerprint density at radius 1 is 1.32 bits per heavy atom. The van der Waals surface area contributed by atoms with Gasteiger partial charge in [0, 0.05) is 38.7 Å². The molecule has 1 aromatic carbocycles. The first kappa shape index (κ1) is 20.5. The zero-order chi connectivity index (χ0) is 16.8. The molecule has 0 bridgehead atoms. The van der Waals surface area contributed by atoms with Gasteiger partial charge in [-0.15, -0.1) is 24.0 Å². The highest BCUT2D eigenvalue weighted by molar-refractivity contribution is 14.0. The van der Waals surface area contributed by atoms with E-state index in [0.717, 1.165) is 51.5 Å². The summed E-state index contributed by atoms with van der Waals surface area (Å²) in [6.45, 7) is 6.06. The Balaban J connectivity index is 0.00000225. The number of hydrogen-bond donors (Lipinski definition) is 2. The Morgan fingerprint density at radius 2 is 2.12 bits per heavy atom. The van der Waals surface area contributed by atoms with Crippen molar-refractivity contribution in [2.75, 3.05) is 32.8 Å². The maximum Gasteiger partial charge on any atom is 0.194 e. The molecule has 3 rings (SSSR count). The minimum absolute atomic E-state index is 0. The molecular weight excluding hydrogens is 429 g/mol. The number of aliphatic hydroxyl groups is 1. The van der Waals surface area contributed by atoms with Crippen LogP contribution in [0, 0.1) is 5.92 Å². The topological polar surface area (TPSA) is 57.1 Å². The molecule has 25 heavy (non-hydrogen) atoms. The van der Waals surface area contributed by atoms with E-state index in [1.807, 2.05) is 6.07 Å². The molecule has 2 saturated heterocycles. The van der Waals surface area contributed by atoms with Crippen LogP contribution in [0.2, 0.25) is 0 Å². The lowest BCUT2D eigenvalue weighted by Gasteiger charge is -2.31. The molecule has 0 aromatic heterocycles. The van der Waals surface area contributed by atoms with Crippen molar-refractivity contribution in [3.63, 3.8) is 0 Å². The molecule has 0 spiro atoms. The highest BCUT2D eigenvalue weighted by atomic mass is 127. The second kappa shape index (κ2) is 10.3. The molecule has 2 aliphatic rings. The molecular formula is C19H30IN3O2. The normalized spacial score (nSPS) is 27.0. The van der Waals surface area contributed by atoms with Crippen molar-refractivity contribution in [3.05, 3.63) is 35.9 Å². The van der Waals surface area contributed by atoms with Crippen LogP contribution in [0.4, 0.5) is 0 Å². The minimum atomic E-state index is -0.232. The van der Waals surface area contributed by atoms with Crippen LogP contribution in [0.3, 0.4) is 0 Å². The molecule has 2 N–H and O–H groups in total. The molecule has 2 aliphatic heterocycles. The van der Waals surface area contributed by atoms with Crippen LogP contribution >= 0.6 is 24.0 Å². The lowest BCUT2D eigenvalue weighted by atomic mass is 9.89. The molecule has 0 aliphatic carbocycles. The van der Waals surface area contributed by atoms with Crippen molar-refractivity contribution in [1.82, 2.24) is 10.2 Å². The highest BCUT2D eigenvalue weighted by Crippen LogP contribution is 2.33. The number of nitrogens with one attached hydrogen (secondary N) is 1. The fraction of sp³-hybridized carbons (Fsp3) is 0.632. The van der Waals surface area contributed by atoms with Crippen molar-refractivity contribution in [2.24, 2.45) is 10.9 Å². The van der Waals surface area contributed by atoms with Crippen LogP contribution < -0.4 is 5.32 Å². The third-order valence-corrected chi connectivity index (χ3v) is 4.85. The fourth-order valence-electron chi connectivity index (χ4n) is 3.61. The van der Waals surface area contributed by atoms with Gasteiger partial charge in [-0.05, 0) is 31.7 Å². The predicted molar refractivity (Wildman–Crippen MR) is 111 cm³/mol. The van der Waals surface area contributed by atoms with Gasteiger partial charge in [0.2, 0.25) is 0 Å². The summed E-state index contributed by atoms with van der Waals surface area (Å²) in [5, 5.41) is 13.1. The number of β-amino-alcohol motifs (C(OH)–C–C–N with tert-alkyl or cyclic N) is 1. The van der Waals surface area contributed by atoms with E-state index >= 15 is 0 Å². The van der Waals surface area contributed by atoms with Crippen molar-refractivity contribution in [2.45, 2.75) is 38.4 Å². The van der Waals surface area contributed by atoms with Crippen molar-refractivity contribution in [3.8, 4) is 0 Å². The first-order chi connectivity index (χ1) is 11.8. The van der Waals surface area contributed by atoms with Gasteiger partial charge in [0.05, 0.1) is 12.2 Å². The Kier molecular flexibility index (Phi) is 8.45. The average molecular weight is 459 g/mol. The number of rotatable bonds is 4. The van der Waals surface area contributed by atoms with Crippen LogP contribution in [0.15, 0.2) is 35.3 Å². The Hall–Kier alpha value is -0.860. The van der Waals surface area contributed by atoms with Crippen LogP contribution in [0.1, 0.15) is 37.9 Å². The van der Waals surface area contributed by atoms with Gasteiger partial charge in [-0.1, -0.05) is 30.3 Å². The number of aliphatic imine (C=N–C) groups is 1. The van der Waals surface area contributed by atoms with E-state index in [-0.39, 0.29) is 36.2 Å². The van der Waals surface area contributed by atoms with Crippen molar-refractivity contribution < 1.29 is 9.84 Å². The smallest absolute Gasteiger partial charge is 0.194 e. The van der Waals surface area contributed by atoms with Crippen LogP contribution in [-0.4, -0.2) is 54.9 Å². The molecule has 140 valence electrons. The van der Waals surface area contributed by atoms with Gasteiger partial charge >= 0.3 is 0 Å². The van der Waals surface area contributed by atoms with E-state index in [2.05, 4.69) is 41.4 Å². The summed E-state index contributed by atoms with van der Waals surface area (Å²) in [5.41, 5.74) is 1.25. The molecule has 5 nitrogen and oxygen atoms in total. The number of nitrogens with zero attached hydrogens (tertiary/aromatic N) is 2. The fourth-order valence-corrected chi connectivity index (χ4v) is 3.61. The summed E-state index contributed by atoms with van der Waals surface area (Å²) in [7, 11) is 0. The third kappa shape index (κ3) is 5.56. The van der Waals surface area contributed by atoms with Gasteiger partial charge in [0.1, 0.15) is 0 Å². The summed E-state index contributed by atoms with van der Waals surface area (Å²) in [4.78, 5) is 7.03. The lowest BCUT2D eigenvalue weighted by molar-refractivity contribution is -0.0250. The first-order valence-corrected chi connectivity index (χ1v) is 9.15. The number of hydrogen-bond acceptors (Lipinski definition) is 3. The standard InChI is InChI=1S/C19H29N3O2.HI/c1-2-20-19(22-11-10-17(23)14-22)21-13-16-9-6-12-24-18(16)15-7-4-3-5-8-15;/h3-5,7-8,16-18,23H,2,6,9-14H2,1H3,(H,20,21);1H/t16?,17-,18?;/m1./s1. The number of likely N-dealkylation sites (tertiary alicyclic amines) is 1. The monoisotopic (exact) mass is 459 g/mol. The Morgan fingerprint density at radius 3 is 2.80 bits per heavy atom. The Bertz CT molecular complexity index is 541. The molecule has 0 saturated carbocycles. The molecule has 2 unspecified atom stereocenters. The van der Waals surface area contributed by atoms with Gasteiger partial charge in [-0.2, -0.15) is 0 Å². The lowest BCUT2D eigenvalue weighted by Crippen LogP contribution is -2.41. The Labute approximate surface area is 167 Å². The first-order valence-electron chi connectivity index (χ1n) is 9.15. The van der Waals surface area contributed by atoms with E-state index in [4.69, 9.17) is 9.73 Å². The van der Waals surface area contributed by atoms with Gasteiger partial charge in [0.15, 0.2) is 5.96 Å². The van der Waals surface area contributed by atoms with E-state index in [1.54, 1.807) is 0 Å². The van der Waals surface area contributed by atoms with Crippen LogP contribution in [0.5, 0.6) is 0 Å². The number of aliphatic hydroxyl groups excluding tert-OH is 1. The van der Waals surface area contributed by atoms with Gasteiger partial charge in [-0.25, -0.2) is 0 Å². The summed E-state index contributed by atoms with van der Waals surface area (Å²) >= 11 is 0. The number of ether oxygens (including phenoxy) is 1. The number of guanidine groups is 1. The SMILES string of the molecule is CCNC(=NCC1CCCOC1c1ccccc1)N1CC[C@@H](O)C1.I. The van der Waals surface area contributed by atoms with E-state index in [9.17, 15) is 5.11 Å². The maximum absolute atomic E-state index is 9.78. The second-order valence-electron chi connectivity index (χ2n) is 6.69. The summed E-state index contributed by atoms with van der Waals surface area (Å²) in [5.74, 6) is 1.33. The molecule has 3 atom stereocenters. The van der Waals surface area contributed by atoms with Crippen LogP contribution in [0.25, 0.3) is 0 Å². The van der Waals surface area contributed by atoms with Gasteiger partial charge < -0.3 is 20.1 Å². The molecule has 0 amide bonds. The van der Waals surface area contributed by atoms with Gasteiger partial charge in [-0.3, -0.25) is 4.99 Å². The molecule has 1 aromatic rings. The molecule has 2 fully saturated rings.